The first-order chi connectivity index (χ1) is 32.7. The van der Waals surface area contributed by atoms with Crippen molar-refractivity contribution in [2.75, 3.05) is 41.5 Å². The number of nitrogens with two attached hydrogens (primary N) is 1. The monoisotopic (exact) mass is 924 g/mol. The standard InChI is InChI=1S/C46H40N10O12/c1-67-39-33(15-12-32(38(39)59)46(65)66)52-43(62)31-11-14-34(40(37(31)58)68-17-16-47)53-44(63)35-13-9-28(21-48-35)51-45(64)36(20-29-22-49-56-55-29)54-41(60)23-4-7-27(8-5-23)50-42(61)26-3-2-25-19-30(57)10-6-24(25)18-26/h2-15,18-19,21-22,36,57-59H,16-17,20,47H2,1H3,(H,50,61)(H,51,64)(H,52,62)(H,53,63)(H,54,60)(H,65,66)(H,49,55,56)/t36-/m0/s1. The summed E-state index contributed by atoms with van der Waals surface area (Å²) in [6.07, 6.45) is 2.52. The number of amides is 5. The third-order valence-corrected chi connectivity index (χ3v) is 10.1. The van der Waals surface area contributed by atoms with Crippen molar-refractivity contribution >= 4 is 69.0 Å². The highest BCUT2D eigenvalue weighted by molar-refractivity contribution is 6.10. The topological polar surface area (TPSA) is 342 Å². The summed E-state index contributed by atoms with van der Waals surface area (Å²) in [5.74, 6) is -6.79. The summed E-state index contributed by atoms with van der Waals surface area (Å²) < 4.78 is 10.7. The van der Waals surface area contributed by atoms with E-state index >= 15 is 0 Å². The number of carbonyl (C=O) groups excluding carboxylic acids is 5. The lowest BCUT2D eigenvalue weighted by atomic mass is 10.1. The second kappa shape index (κ2) is 20.5. The largest absolute Gasteiger partial charge is 0.508 e. The number of ether oxygens (including phenoxy) is 2. The number of hydrogen-bond donors (Lipinski definition) is 11. The van der Waals surface area contributed by atoms with Gasteiger partial charge in [-0.1, -0.05) is 12.1 Å². The zero-order valence-electron chi connectivity index (χ0n) is 35.6. The van der Waals surface area contributed by atoms with Crippen LogP contribution < -0.4 is 41.8 Å². The van der Waals surface area contributed by atoms with Gasteiger partial charge in [0.15, 0.2) is 23.0 Å². The minimum Gasteiger partial charge on any atom is -0.508 e. The van der Waals surface area contributed by atoms with Gasteiger partial charge in [0.1, 0.15) is 29.7 Å². The minimum absolute atomic E-state index is 0.00955. The van der Waals surface area contributed by atoms with Crippen LogP contribution in [0.2, 0.25) is 0 Å². The lowest BCUT2D eigenvalue weighted by Crippen LogP contribution is -2.45. The number of methoxy groups -OCH3 is 1. The number of aromatic hydroxyl groups is 3. The highest BCUT2D eigenvalue weighted by atomic mass is 16.5. The Morgan fingerprint density at radius 2 is 1.34 bits per heavy atom. The molecule has 346 valence electrons. The first-order valence-electron chi connectivity index (χ1n) is 20.2. The molecular formula is C46H40N10O12. The quantitative estimate of drug-likeness (QED) is 0.0608. The molecule has 7 aromatic rings. The number of carboxylic acids is 1. The number of aromatic amines is 1. The number of anilines is 4. The van der Waals surface area contributed by atoms with E-state index in [1.165, 1.54) is 73.1 Å². The van der Waals surface area contributed by atoms with Crippen molar-refractivity contribution in [3.05, 3.63) is 143 Å². The third-order valence-electron chi connectivity index (χ3n) is 10.1. The number of phenols is 3. The fraction of sp³-hybridized carbons (Fsp3) is 0.109. The van der Waals surface area contributed by atoms with Gasteiger partial charge in [-0.15, -0.1) is 0 Å². The number of aromatic carboxylic acids is 1. The van der Waals surface area contributed by atoms with E-state index in [4.69, 9.17) is 15.2 Å². The molecule has 12 N–H and O–H groups in total. The van der Waals surface area contributed by atoms with Crippen LogP contribution >= 0.6 is 0 Å². The number of rotatable bonds is 17. The maximum atomic E-state index is 13.6. The predicted molar refractivity (Wildman–Crippen MR) is 244 cm³/mol. The average molecular weight is 925 g/mol. The Balaban J connectivity index is 0.996. The fourth-order valence-corrected chi connectivity index (χ4v) is 6.68. The summed E-state index contributed by atoms with van der Waals surface area (Å²) in [6, 6.07) is 22.1. The molecule has 0 saturated heterocycles. The van der Waals surface area contributed by atoms with Crippen molar-refractivity contribution in [2.45, 2.75) is 12.5 Å². The molecule has 22 heteroatoms. The van der Waals surface area contributed by atoms with Crippen LogP contribution in [0, 0.1) is 0 Å². The van der Waals surface area contributed by atoms with Gasteiger partial charge in [0, 0.05) is 29.8 Å². The molecule has 0 aliphatic carbocycles. The van der Waals surface area contributed by atoms with Crippen LogP contribution in [0.5, 0.6) is 28.7 Å². The summed E-state index contributed by atoms with van der Waals surface area (Å²) in [7, 11) is 1.15. The van der Waals surface area contributed by atoms with Crippen molar-refractivity contribution in [1.82, 2.24) is 25.7 Å². The number of pyridine rings is 1. The van der Waals surface area contributed by atoms with E-state index in [-0.39, 0.29) is 70.7 Å². The lowest BCUT2D eigenvalue weighted by molar-refractivity contribution is -0.118. The van der Waals surface area contributed by atoms with Gasteiger partial charge in [0.25, 0.3) is 23.6 Å². The summed E-state index contributed by atoms with van der Waals surface area (Å²) >= 11 is 0. The smallest absolute Gasteiger partial charge is 0.339 e. The van der Waals surface area contributed by atoms with E-state index in [1.807, 2.05) is 0 Å². The van der Waals surface area contributed by atoms with Crippen LogP contribution in [-0.2, 0) is 11.2 Å². The molecule has 0 bridgehead atoms. The number of carbonyl (C=O) groups is 6. The molecular weight excluding hydrogens is 885 g/mol. The van der Waals surface area contributed by atoms with Crippen LogP contribution in [0.15, 0.2) is 109 Å². The summed E-state index contributed by atoms with van der Waals surface area (Å²) in [6.45, 7) is -0.150. The summed E-state index contributed by atoms with van der Waals surface area (Å²) in [4.78, 5) is 82.3. The van der Waals surface area contributed by atoms with Gasteiger partial charge in [0.05, 0.1) is 47.8 Å². The maximum absolute atomic E-state index is 13.6. The Kier molecular flexibility index (Phi) is 14.0. The van der Waals surface area contributed by atoms with Crippen LogP contribution in [-0.4, -0.2) is 103 Å². The molecule has 5 amide bonds. The van der Waals surface area contributed by atoms with Crippen molar-refractivity contribution in [3.63, 3.8) is 0 Å². The van der Waals surface area contributed by atoms with Crippen LogP contribution in [0.3, 0.4) is 0 Å². The van der Waals surface area contributed by atoms with E-state index < -0.39 is 58.6 Å². The number of fused-ring (bicyclic) bond motifs is 1. The Hall–Kier alpha value is -9.57. The highest BCUT2D eigenvalue weighted by Gasteiger charge is 2.26. The number of nitrogens with zero attached hydrogens (tertiary/aromatic N) is 3. The Morgan fingerprint density at radius 3 is 2.01 bits per heavy atom. The second-order valence-electron chi connectivity index (χ2n) is 14.6. The predicted octanol–water partition coefficient (Wildman–Crippen LogP) is 4.25. The number of phenolic OH excluding ortho intramolecular Hbond substituents is 2. The number of benzene rings is 5. The molecule has 0 fully saturated rings. The van der Waals surface area contributed by atoms with E-state index in [9.17, 15) is 49.2 Å². The normalized spacial score (nSPS) is 11.2. The van der Waals surface area contributed by atoms with Gasteiger partial charge in [-0.3, -0.25) is 24.0 Å². The average Bonchev–Trinajstić information content (AvgIpc) is 3.84. The summed E-state index contributed by atoms with van der Waals surface area (Å²) in [5, 5.41) is 65.4. The van der Waals surface area contributed by atoms with Crippen molar-refractivity contribution in [2.24, 2.45) is 5.73 Å². The van der Waals surface area contributed by atoms with Gasteiger partial charge in [-0.05, 0) is 95.7 Å². The molecule has 7 rings (SSSR count). The molecule has 0 saturated carbocycles. The number of nitrogens with one attached hydrogen (secondary N) is 6. The minimum atomic E-state index is -1.44. The molecule has 5 aromatic carbocycles. The molecule has 0 radical (unpaired) electrons. The highest BCUT2D eigenvalue weighted by Crippen LogP contribution is 2.41. The number of carboxylic acid groups (broad SMARTS) is 1. The second-order valence-corrected chi connectivity index (χ2v) is 14.6. The molecule has 22 nitrogen and oxygen atoms in total. The van der Waals surface area contributed by atoms with Crippen LogP contribution in [0.25, 0.3) is 10.8 Å². The zero-order valence-corrected chi connectivity index (χ0v) is 35.6. The SMILES string of the molecule is COc1c(NC(=O)c2ccc(NC(=O)c3ccc(NC(=O)[C@H](Cc4cn[nH]n4)NC(=O)c4ccc(NC(=O)c5ccc6cc(O)ccc6c5)cc4)cn3)c(OCCN)c2O)ccc(C(=O)O)c1O. The van der Waals surface area contributed by atoms with Gasteiger partial charge in [0.2, 0.25) is 5.91 Å². The third kappa shape index (κ3) is 10.7. The Bertz CT molecular complexity index is 3060. The Labute approximate surface area is 384 Å². The number of hydrogen-bond acceptors (Lipinski definition) is 15. The molecule has 0 unspecified atom stereocenters. The summed E-state index contributed by atoms with van der Waals surface area (Å²) in [5.41, 5.74) is 5.95. The zero-order chi connectivity index (χ0) is 48.5. The maximum Gasteiger partial charge on any atom is 0.339 e. The van der Waals surface area contributed by atoms with E-state index in [2.05, 4.69) is 47.0 Å². The number of aromatic nitrogens is 4. The van der Waals surface area contributed by atoms with Gasteiger partial charge in [-0.25, -0.2) is 9.78 Å². The first-order valence-corrected chi connectivity index (χ1v) is 20.2. The number of H-pyrrole nitrogens is 1. The van der Waals surface area contributed by atoms with Crippen LogP contribution in [0.1, 0.15) is 57.6 Å². The molecule has 2 heterocycles. The van der Waals surface area contributed by atoms with Crippen LogP contribution in [0.4, 0.5) is 22.7 Å². The molecule has 68 heavy (non-hydrogen) atoms. The lowest BCUT2D eigenvalue weighted by Gasteiger charge is -2.18. The van der Waals surface area contributed by atoms with Crippen molar-refractivity contribution in [3.8, 4) is 28.7 Å². The molecule has 1 atom stereocenters. The fourth-order valence-electron chi connectivity index (χ4n) is 6.68. The van der Waals surface area contributed by atoms with Gasteiger partial charge < -0.3 is 62.2 Å². The van der Waals surface area contributed by atoms with E-state index in [0.29, 0.717) is 16.9 Å². The van der Waals surface area contributed by atoms with E-state index in [0.717, 1.165) is 23.9 Å². The first kappa shape index (κ1) is 46.4. The van der Waals surface area contributed by atoms with E-state index in [1.54, 1.807) is 30.3 Å². The van der Waals surface area contributed by atoms with Gasteiger partial charge >= 0.3 is 5.97 Å². The molecule has 0 aliphatic heterocycles. The Morgan fingerprint density at radius 1 is 0.676 bits per heavy atom. The molecule has 0 aliphatic rings. The van der Waals surface area contributed by atoms with Gasteiger partial charge in [-0.2, -0.15) is 15.4 Å². The molecule has 0 spiro atoms. The molecule has 2 aromatic heterocycles. The van der Waals surface area contributed by atoms with Crippen molar-refractivity contribution < 1.29 is 58.7 Å². The van der Waals surface area contributed by atoms with Crippen molar-refractivity contribution in [1.29, 1.82) is 0 Å².